The quantitative estimate of drug-likeness (QED) is 0.293. The summed E-state index contributed by atoms with van der Waals surface area (Å²) in [5.74, 6) is 0. The van der Waals surface area contributed by atoms with Crippen LogP contribution in [0.15, 0.2) is 35.6 Å². The number of aldehydes is 1. The highest BCUT2D eigenvalue weighted by atomic mass is 16.1. The van der Waals surface area contributed by atoms with Crippen molar-refractivity contribution in [2.24, 2.45) is 0 Å². The molecule has 0 spiro atoms. The molecule has 0 fully saturated rings. The second kappa shape index (κ2) is 8.50. The molecule has 1 unspecified atom stereocenters. The third-order valence-corrected chi connectivity index (χ3v) is 2.61. The van der Waals surface area contributed by atoms with Crippen molar-refractivity contribution in [2.75, 3.05) is 0 Å². The molecule has 0 aliphatic heterocycles. The van der Waals surface area contributed by atoms with Gasteiger partial charge in [0.15, 0.2) is 0 Å². The van der Waals surface area contributed by atoms with Crippen LogP contribution in [0, 0.1) is 5.41 Å². The highest BCUT2D eigenvalue weighted by Gasteiger charge is 2.06. The second-order valence-corrected chi connectivity index (χ2v) is 3.82. The molecule has 0 saturated carbocycles. The van der Waals surface area contributed by atoms with Gasteiger partial charge in [0, 0.05) is 17.8 Å². The fraction of sp³-hybridized carbons (Fsp3) is 0.429. The Labute approximate surface area is 104 Å². The second-order valence-electron chi connectivity index (χ2n) is 3.82. The average molecular weight is 234 g/mol. The van der Waals surface area contributed by atoms with Gasteiger partial charge in [0.05, 0.1) is 5.70 Å². The molecule has 1 atom stereocenters. The van der Waals surface area contributed by atoms with E-state index in [9.17, 15) is 4.79 Å². The maximum absolute atomic E-state index is 10.7. The van der Waals surface area contributed by atoms with Gasteiger partial charge in [-0.2, -0.15) is 0 Å². The van der Waals surface area contributed by atoms with E-state index in [1.54, 1.807) is 6.92 Å². The highest BCUT2D eigenvalue weighted by molar-refractivity contribution is 5.86. The molecule has 0 aromatic heterocycles. The molecule has 3 heteroatoms. The van der Waals surface area contributed by atoms with Crippen LogP contribution in [0.3, 0.4) is 0 Å². The Morgan fingerprint density at radius 1 is 1.47 bits per heavy atom. The lowest BCUT2D eigenvalue weighted by molar-refractivity contribution is -0.104. The van der Waals surface area contributed by atoms with Crippen molar-refractivity contribution in [1.82, 2.24) is 5.32 Å². The van der Waals surface area contributed by atoms with Crippen molar-refractivity contribution in [3.8, 4) is 0 Å². The molecule has 0 bridgehead atoms. The van der Waals surface area contributed by atoms with Crippen molar-refractivity contribution in [2.45, 2.75) is 39.7 Å². The van der Waals surface area contributed by atoms with Gasteiger partial charge in [-0.15, -0.1) is 0 Å². The molecule has 0 aliphatic rings. The number of hydrogen-bond acceptors (Lipinski definition) is 3. The molecule has 0 saturated heterocycles. The predicted octanol–water partition coefficient (Wildman–Crippen LogP) is 3.00. The van der Waals surface area contributed by atoms with Gasteiger partial charge in [0.25, 0.3) is 0 Å². The van der Waals surface area contributed by atoms with Gasteiger partial charge in [-0.3, -0.25) is 4.79 Å². The number of carbonyl (C=O) groups is 1. The van der Waals surface area contributed by atoms with Gasteiger partial charge in [0.2, 0.25) is 0 Å². The van der Waals surface area contributed by atoms with E-state index in [0.29, 0.717) is 11.3 Å². The molecule has 0 radical (unpaired) electrons. The minimum absolute atomic E-state index is 0.120. The van der Waals surface area contributed by atoms with Crippen LogP contribution in [-0.4, -0.2) is 18.5 Å². The Morgan fingerprint density at radius 2 is 2.12 bits per heavy atom. The number of nitrogens with one attached hydrogen (secondary N) is 2. The first kappa shape index (κ1) is 15.4. The van der Waals surface area contributed by atoms with E-state index >= 15 is 0 Å². The summed E-state index contributed by atoms with van der Waals surface area (Å²) in [4.78, 5) is 10.7. The molecular formula is C14H22N2O. The summed E-state index contributed by atoms with van der Waals surface area (Å²) in [7, 11) is 0. The van der Waals surface area contributed by atoms with Crippen molar-refractivity contribution >= 4 is 12.5 Å². The predicted molar refractivity (Wildman–Crippen MR) is 73.3 cm³/mol. The van der Waals surface area contributed by atoms with Gasteiger partial charge in [-0.25, -0.2) is 0 Å². The molecule has 0 amide bonds. The van der Waals surface area contributed by atoms with Gasteiger partial charge in [0.1, 0.15) is 6.29 Å². The fourth-order valence-electron chi connectivity index (χ4n) is 1.38. The molecule has 0 heterocycles. The summed E-state index contributed by atoms with van der Waals surface area (Å²) in [6, 6.07) is 0.120. The summed E-state index contributed by atoms with van der Waals surface area (Å²) >= 11 is 0. The van der Waals surface area contributed by atoms with Crippen molar-refractivity contribution < 1.29 is 4.79 Å². The first-order chi connectivity index (χ1) is 8.12. The van der Waals surface area contributed by atoms with Crippen LogP contribution in [0.5, 0.6) is 0 Å². The zero-order valence-electron chi connectivity index (χ0n) is 10.9. The van der Waals surface area contributed by atoms with E-state index < -0.39 is 0 Å². The molecule has 2 N–H and O–H groups in total. The maximum atomic E-state index is 10.7. The van der Waals surface area contributed by atoms with E-state index in [-0.39, 0.29) is 6.04 Å². The van der Waals surface area contributed by atoms with Crippen LogP contribution in [-0.2, 0) is 4.79 Å². The van der Waals surface area contributed by atoms with Crippen LogP contribution in [0.1, 0.15) is 33.6 Å². The van der Waals surface area contributed by atoms with Crippen LogP contribution in [0.2, 0.25) is 0 Å². The Bertz CT molecular complexity index is 340. The highest BCUT2D eigenvalue weighted by Crippen LogP contribution is 2.07. The van der Waals surface area contributed by atoms with Gasteiger partial charge < -0.3 is 10.7 Å². The molecule has 0 rings (SSSR count). The summed E-state index contributed by atoms with van der Waals surface area (Å²) in [6.07, 6.45) is 7.69. The lowest BCUT2D eigenvalue weighted by Crippen LogP contribution is -2.28. The zero-order chi connectivity index (χ0) is 13.3. The first-order valence-corrected chi connectivity index (χ1v) is 5.89. The minimum Gasteiger partial charge on any atom is -0.377 e. The molecule has 94 valence electrons. The van der Waals surface area contributed by atoms with Crippen LogP contribution in [0.4, 0.5) is 0 Å². The summed E-state index contributed by atoms with van der Waals surface area (Å²) in [5.41, 5.74) is 2.28. The Hall–Kier alpha value is -1.64. The molecule has 0 aliphatic carbocycles. The largest absolute Gasteiger partial charge is 0.377 e. The average Bonchev–Trinajstić information content (AvgIpc) is 2.38. The molecule has 17 heavy (non-hydrogen) atoms. The number of carbonyl (C=O) groups excluding carboxylic acids is 1. The normalized spacial score (nSPS) is 14.6. The van der Waals surface area contributed by atoms with E-state index in [1.165, 1.54) is 6.21 Å². The third-order valence-electron chi connectivity index (χ3n) is 2.61. The molecule has 3 nitrogen and oxygen atoms in total. The van der Waals surface area contributed by atoms with Gasteiger partial charge in [-0.05, 0) is 19.8 Å². The summed E-state index contributed by atoms with van der Waals surface area (Å²) in [6.45, 7) is 9.59. The van der Waals surface area contributed by atoms with Gasteiger partial charge in [-0.1, -0.05) is 38.2 Å². The molecular weight excluding hydrogens is 212 g/mol. The van der Waals surface area contributed by atoms with Crippen LogP contribution in [0.25, 0.3) is 0 Å². The SMILES string of the molecule is C=C/C(=C\C(CC)N/C(C=N)=C(\C)C=O)CC. The van der Waals surface area contributed by atoms with Gasteiger partial charge >= 0.3 is 0 Å². The fourth-order valence-corrected chi connectivity index (χ4v) is 1.38. The Kier molecular flexibility index (Phi) is 7.68. The summed E-state index contributed by atoms with van der Waals surface area (Å²) < 4.78 is 0. The topological polar surface area (TPSA) is 53.0 Å². The van der Waals surface area contributed by atoms with Crippen molar-refractivity contribution in [3.05, 3.63) is 35.6 Å². The minimum atomic E-state index is 0.120. The molecule has 0 aromatic carbocycles. The van der Waals surface area contributed by atoms with E-state index in [1.807, 2.05) is 6.08 Å². The first-order valence-electron chi connectivity index (χ1n) is 5.89. The molecule has 0 aromatic rings. The van der Waals surface area contributed by atoms with E-state index in [0.717, 1.165) is 24.7 Å². The number of hydrogen-bond donors (Lipinski definition) is 2. The van der Waals surface area contributed by atoms with Crippen LogP contribution < -0.4 is 5.32 Å². The standard InChI is InChI=1S/C14H22N2O/c1-5-12(6-2)8-13(7-3)16-14(9-15)11(4)10-17/h5,8-10,13,15-16H,1,6-7H2,2-4H3/b12-8+,14-11+,15-9?. The number of rotatable bonds is 8. The summed E-state index contributed by atoms with van der Waals surface area (Å²) in [5, 5.41) is 10.5. The van der Waals surface area contributed by atoms with E-state index in [4.69, 9.17) is 5.41 Å². The smallest absolute Gasteiger partial charge is 0.147 e. The third kappa shape index (κ3) is 5.29. The van der Waals surface area contributed by atoms with Crippen molar-refractivity contribution in [1.29, 1.82) is 5.41 Å². The number of allylic oxidation sites excluding steroid dienone is 4. The van der Waals surface area contributed by atoms with Crippen molar-refractivity contribution in [3.63, 3.8) is 0 Å². The zero-order valence-corrected chi connectivity index (χ0v) is 10.9. The maximum Gasteiger partial charge on any atom is 0.147 e. The van der Waals surface area contributed by atoms with E-state index in [2.05, 4.69) is 31.8 Å². The lowest BCUT2D eigenvalue weighted by atomic mass is 10.1. The Morgan fingerprint density at radius 3 is 2.47 bits per heavy atom. The lowest BCUT2D eigenvalue weighted by Gasteiger charge is -2.17. The Balaban J connectivity index is 4.93. The van der Waals surface area contributed by atoms with Crippen LogP contribution >= 0.6 is 0 Å². The monoisotopic (exact) mass is 234 g/mol.